The van der Waals surface area contributed by atoms with Gasteiger partial charge in [0.1, 0.15) is 0 Å². The SMILES string of the molecule is CCCNC(C)c1ccnc(-n2ccc(C3CC3)n2)c1. The molecule has 1 aliphatic carbocycles. The molecular formula is C16H22N4. The number of hydrogen-bond donors (Lipinski definition) is 1. The zero-order chi connectivity index (χ0) is 13.9. The van der Waals surface area contributed by atoms with Crippen LogP contribution in [-0.2, 0) is 0 Å². The van der Waals surface area contributed by atoms with Crippen molar-refractivity contribution in [2.75, 3.05) is 6.54 Å². The topological polar surface area (TPSA) is 42.7 Å². The molecule has 3 rings (SSSR count). The van der Waals surface area contributed by atoms with E-state index in [4.69, 9.17) is 0 Å². The quantitative estimate of drug-likeness (QED) is 0.876. The van der Waals surface area contributed by atoms with Crippen LogP contribution in [-0.4, -0.2) is 21.3 Å². The average molecular weight is 270 g/mol. The van der Waals surface area contributed by atoms with Crippen molar-refractivity contribution < 1.29 is 0 Å². The van der Waals surface area contributed by atoms with Gasteiger partial charge < -0.3 is 5.32 Å². The minimum absolute atomic E-state index is 0.343. The van der Waals surface area contributed by atoms with Crippen LogP contribution in [0.25, 0.3) is 5.82 Å². The number of nitrogens with one attached hydrogen (secondary N) is 1. The first-order valence-corrected chi connectivity index (χ1v) is 7.53. The van der Waals surface area contributed by atoms with Gasteiger partial charge >= 0.3 is 0 Å². The molecule has 0 amide bonds. The molecule has 0 saturated heterocycles. The highest BCUT2D eigenvalue weighted by atomic mass is 15.3. The zero-order valence-corrected chi connectivity index (χ0v) is 12.2. The molecule has 2 heterocycles. The third-order valence-corrected chi connectivity index (χ3v) is 3.81. The molecule has 0 bridgehead atoms. The normalized spacial score (nSPS) is 16.3. The molecule has 0 radical (unpaired) electrons. The van der Waals surface area contributed by atoms with Crippen LogP contribution < -0.4 is 5.32 Å². The van der Waals surface area contributed by atoms with Gasteiger partial charge in [0.25, 0.3) is 0 Å². The zero-order valence-electron chi connectivity index (χ0n) is 12.2. The van der Waals surface area contributed by atoms with E-state index in [1.54, 1.807) is 0 Å². The van der Waals surface area contributed by atoms with Crippen LogP contribution in [0.5, 0.6) is 0 Å². The fraction of sp³-hybridized carbons (Fsp3) is 0.500. The predicted molar refractivity (Wildman–Crippen MR) is 80.0 cm³/mol. The Balaban J connectivity index is 1.78. The number of nitrogens with zero attached hydrogens (tertiary/aromatic N) is 3. The van der Waals surface area contributed by atoms with Crippen molar-refractivity contribution in [2.45, 2.75) is 45.1 Å². The minimum Gasteiger partial charge on any atom is -0.310 e. The van der Waals surface area contributed by atoms with Crippen LogP contribution in [0.4, 0.5) is 0 Å². The smallest absolute Gasteiger partial charge is 0.153 e. The molecule has 0 aromatic carbocycles. The molecular weight excluding hydrogens is 248 g/mol. The van der Waals surface area contributed by atoms with E-state index in [1.165, 1.54) is 24.1 Å². The van der Waals surface area contributed by atoms with Crippen molar-refractivity contribution in [1.82, 2.24) is 20.1 Å². The van der Waals surface area contributed by atoms with E-state index in [-0.39, 0.29) is 0 Å². The van der Waals surface area contributed by atoms with Crippen LogP contribution in [0.15, 0.2) is 30.6 Å². The van der Waals surface area contributed by atoms with E-state index in [0.29, 0.717) is 12.0 Å². The van der Waals surface area contributed by atoms with Gasteiger partial charge in [0, 0.05) is 24.4 Å². The Hall–Kier alpha value is -1.68. The fourth-order valence-corrected chi connectivity index (χ4v) is 2.37. The number of rotatable bonds is 6. The summed E-state index contributed by atoms with van der Waals surface area (Å²) in [4.78, 5) is 4.44. The summed E-state index contributed by atoms with van der Waals surface area (Å²) in [5.41, 5.74) is 2.46. The summed E-state index contributed by atoms with van der Waals surface area (Å²) in [7, 11) is 0. The minimum atomic E-state index is 0.343. The van der Waals surface area contributed by atoms with E-state index in [0.717, 1.165) is 18.8 Å². The summed E-state index contributed by atoms with van der Waals surface area (Å²) >= 11 is 0. The Morgan fingerprint density at radius 2 is 2.25 bits per heavy atom. The molecule has 1 aliphatic rings. The second-order valence-corrected chi connectivity index (χ2v) is 5.58. The Labute approximate surface area is 120 Å². The summed E-state index contributed by atoms with van der Waals surface area (Å²) in [6.07, 6.45) is 7.59. The molecule has 1 atom stereocenters. The van der Waals surface area contributed by atoms with Crippen molar-refractivity contribution in [3.63, 3.8) is 0 Å². The Kier molecular flexibility index (Phi) is 3.83. The molecule has 1 fully saturated rings. The lowest BCUT2D eigenvalue weighted by molar-refractivity contribution is 0.569. The Morgan fingerprint density at radius 1 is 1.40 bits per heavy atom. The lowest BCUT2D eigenvalue weighted by atomic mass is 10.1. The molecule has 1 N–H and O–H groups in total. The van der Waals surface area contributed by atoms with Gasteiger partial charge in [-0.25, -0.2) is 9.67 Å². The summed E-state index contributed by atoms with van der Waals surface area (Å²) < 4.78 is 1.89. The number of pyridine rings is 1. The van der Waals surface area contributed by atoms with Crippen LogP contribution in [0, 0.1) is 0 Å². The fourth-order valence-electron chi connectivity index (χ4n) is 2.37. The highest BCUT2D eigenvalue weighted by molar-refractivity contribution is 5.30. The second-order valence-electron chi connectivity index (χ2n) is 5.58. The van der Waals surface area contributed by atoms with E-state index < -0.39 is 0 Å². The summed E-state index contributed by atoms with van der Waals surface area (Å²) in [6, 6.07) is 6.65. The first kappa shape index (κ1) is 13.3. The molecule has 4 heteroatoms. The summed E-state index contributed by atoms with van der Waals surface area (Å²) in [6.45, 7) is 5.40. The standard InChI is InChI=1S/C16H22N4/c1-3-8-17-12(2)14-6-9-18-16(11-14)20-10-7-15(19-20)13-4-5-13/h6-7,9-13,17H,3-5,8H2,1-2H3. The third-order valence-electron chi connectivity index (χ3n) is 3.81. The van der Waals surface area contributed by atoms with Crippen LogP contribution in [0.3, 0.4) is 0 Å². The molecule has 20 heavy (non-hydrogen) atoms. The largest absolute Gasteiger partial charge is 0.310 e. The van der Waals surface area contributed by atoms with Crippen LogP contribution >= 0.6 is 0 Å². The predicted octanol–water partition coefficient (Wildman–Crippen LogP) is 3.21. The maximum Gasteiger partial charge on any atom is 0.153 e. The van der Waals surface area contributed by atoms with Gasteiger partial charge in [0.15, 0.2) is 5.82 Å². The molecule has 0 spiro atoms. The molecule has 4 nitrogen and oxygen atoms in total. The van der Waals surface area contributed by atoms with Crippen molar-refractivity contribution >= 4 is 0 Å². The van der Waals surface area contributed by atoms with E-state index in [1.807, 2.05) is 17.1 Å². The highest BCUT2D eigenvalue weighted by Crippen LogP contribution is 2.38. The van der Waals surface area contributed by atoms with Gasteiger partial charge in [-0.05, 0) is 56.5 Å². The molecule has 2 aromatic heterocycles. The molecule has 2 aromatic rings. The number of hydrogen-bond acceptors (Lipinski definition) is 3. The van der Waals surface area contributed by atoms with Crippen molar-refractivity contribution in [2.24, 2.45) is 0 Å². The number of aromatic nitrogens is 3. The van der Waals surface area contributed by atoms with Gasteiger partial charge in [-0.3, -0.25) is 0 Å². The van der Waals surface area contributed by atoms with Gasteiger partial charge in [-0.1, -0.05) is 6.92 Å². The van der Waals surface area contributed by atoms with E-state index >= 15 is 0 Å². The first-order chi connectivity index (χ1) is 9.78. The third kappa shape index (κ3) is 2.90. The monoisotopic (exact) mass is 270 g/mol. The van der Waals surface area contributed by atoms with Crippen LogP contribution in [0.1, 0.15) is 56.3 Å². The van der Waals surface area contributed by atoms with E-state index in [2.05, 4.69) is 47.4 Å². The maximum atomic E-state index is 4.64. The van der Waals surface area contributed by atoms with Crippen LogP contribution in [0.2, 0.25) is 0 Å². The van der Waals surface area contributed by atoms with Crippen molar-refractivity contribution in [1.29, 1.82) is 0 Å². The van der Waals surface area contributed by atoms with Gasteiger partial charge in [0.05, 0.1) is 5.69 Å². The van der Waals surface area contributed by atoms with E-state index in [9.17, 15) is 0 Å². The van der Waals surface area contributed by atoms with Crippen molar-refractivity contribution in [3.8, 4) is 5.82 Å². The lowest BCUT2D eigenvalue weighted by Crippen LogP contribution is -2.19. The molecule has 1 unspecified atom stereocenters. The first-order valence-electron chi connectivity index (χ1n) is 7.53. The molecule has 0 aliphatic heterocycles. The summed E-state index contributed by atoms with van der Waals surface area (Å²) in [5, 5.41) is 8.14. The maximum absolute atomic E-state index is 4.64. The molecule has 106 valence electrons. The lowest BCUT2D eigenvalue weighted by Gasteiger charge is -2.14. The van der Waals surface area contributed by atoms with Gasteiger partial charge in [-0.2, -0.15) is 5.10 Å². The summed E-state index contributed by atoms with van der Waals surface area (Å²) in [5.74, 6) is 1.59. The Morgan fingerprint density at radius 3 is 3.00 bits per heavy atom. The van der Waals surface area contributed by atoms with Crippen molar-refractivity contribution in [3.05, 3.63) is 41.9 Å². The average Bonchev–Trinajstić information content (AvgIpc) is 3.22. The van der Waals surface area contributed by atoms with Gasteiger partial charge in [-0.15, -0.1) is 0 Å². The highest BCUT2D eigenvalue weighted by Gasteiger charge is 2.26. The Bertz CT molecular complexity index is 571. The second kappa shape index (κ2) is 5.75. The van der Waals surface area contributed by atoms with Gasteiger partial charge in [0.2, 0.25) is 0 Å². The molecule has 1 saturated carbocycles.